The van der Waals surface area contributed by atoms with E-state index in [1.807, 2.05) is 38.1 Å². The summed E-state index contributed by atoms with van der Waals surface area (Å²) in [6.07, 6.45) is 6.35. The van der Waals surface area contributed by atoms with E-state index in [1.54, 1.807) is 25.7 Å². The molecule has 2 rings (SSSR count). The van der Waals surface area contributed by atoms with Crippen LogP contribution in [0.2, 0.25) is 0 Å². The molecule has 0 aliphatic heterocycles. The molecule has 0 aromatic heterocycles. The number of rotatable bonds is 9. The number of amides is 3. The van der Waals surface area contributed by atoms with Gasteiger partial charge in [-0.1, -0.05) is 62.4 Å². The predicted octanol–water partition coefficient (Wildman–Crippen LogP) is 4.64. The van der Waals surface area contributed by atoms with E-state index < -0.39 is 17.7 Å². The molecule has 1 aromatic rings. The minimum Gasteiger partial charge on any atom is -0.444 e. The van der Waals surface area contributed by atoms with E-state index in [9.17, 15) is 14.4 Å². The molecule has 1 saturated carbocycles. The zero-order valence-corrected chi connectivity index (χ0v) is 20.9. The van der Waals surface area contributed by atoms with Gasteiger partial charge in [0.05, 0.1) is 0 Å². The Morgan fingerprint density at radius 2 is 1.85 bits per heavy atom. The molecule has 1 aliphatic carbocycles. The van der Waals surface area contributed by atoms with E-state index >= 15 is 0 Å². The lowest BCUT2D eigenvalue weighted by Crippen LogP contribution is -2.50. The molecule has 0 bridgehead atoms. The standard InChI is InChI=1S/C26H41N3O4/c1-6-7-16-29(22(30)18-27-25(32)33-26(3,4)5)23(20-13-11-12-19(2)17-20)24(31)28-21-14-9-8-10-15-21/h11-13,17,21,23H,6-10,14-16,18H2,1-5H3,(H,27,32)(H,28,31). The maximum atomic E-state index is 13.5. The third-order valence-corrected chi connectivity index (χ3v) is 5.73. The van der Waals surface area contributed by atoms with Gasteiger partial charge in [-0.05, 0) is 52.5 Å². The molecule has 1 aliphatic rings. The first-order valence-electron chi connectivity index (χ1n) is 12.2. The van der Waals surface area contributed by atoms with Crippen LogP contribution >= 0.6 is 0 Å². The van der Waals surface area contributed by atoms with Gasteiger partial charge in [0.15, 0.2) is 0 Å². The number of unbranched alkanes of at least 4 members (excludes halogenated alkanes) is 1. The van der Waals surface area contributed by atoms with Crippen molar-refractivity contribution in [3.63, 3.8) is 0 Å². The van der Waals surface area contributed by atoms with Crippen molar-refractivity contribution < 1.29 is 19.1 Å². The monoisotopic (exact) mass is 459 g/mol. The first-order valence-corrected chi connectivity index (χ1v) is 12.2. The Hall–Kier alpha value is -2.57. The number of nitrogens with zero attached hydrogens (tertiary/aromatic N) is 1. The van der Waals surface area contributed by atoms with Crippen molar-refractivity contribution in [2.75, 3.05) is 13.1 Å². The van der Waals surface area contributed by atoms with Gasteiger partial charge in [-0.2, -0.15) is 0 Å². The average molecular weight is 460 g/mol. The van der Waals surface area contributed by atoms with Gasteiger partial charge in [0, 0.05) is 12.6 Å². The number of hydrogen-bond donors (Lipinski definition) is 2. The first kappa shape index (κ1) is 26.7. The Balaban J connectivity index is 2.25. The van der Waals surface area contributed by atoms with Crippen LogP contribution in [0.4, 0.5) is 4.79 Å². The van der Waals surface area contributed by atoms with Gasteiger partial charge < -0.3 is 20.3 Å². The van der Waals surface area contributed by atoms with Crippen LogP contribution in [0.15, 0.2) is 24.3 Å². The summed E-state index contributed by atoms with van der Waals surface area (Å²) in [5, 5.41) is 5.75. The fourth-order valence-electron chi connectivity index (χ4n) is 4.13. The molecule has 0 radical (unpaired) electrons. The molecule has 3 amide bonds. The summed E-state index contributed by atoms with van der Waals surface area (Å²) in [6, 6.07) is 7.13. The van der Waals surface area contributed by atoms with Crippen molar-refractivity contribution in [3.05, 3.63) is 35.4 Å². The first-order chi connectivity index (χ1) is 15.6. The van der Waals surface area contributed by atoms with Gasteiger partial charge in [-0.3, -0.25) is 9.59 Å². The Morgan fingerprint density at radius 3 is 2.45 bits per heavy atom. The SMILES string of the molecule is CCCCN(C(=O)CNC(=O)OC(C)(C)C)C(C(=O)NC1CCCCC1)c1cccc(C)c1. The van der Waals surface area contributed by atoms with Crippen LogP contribution in [-0.2, 0) is 14.3 Å². The highest BCUT2D eigenvalue weighted by Crippen LogP contribution is 2.25. The van der Waals surface area contributed by atoms with Gasteiger partial charge >= 0.3 is 6.09 Å². The molecule has 0 spiro atoms. The lowest BCUT2D eigenvalue weighted by molar-refractivity contribution is -0.140. The summed E-state index contributed by atoms with van der Waals surface area (Å²) >= 11 is 0. The van der Waals surface area contributed by atoms with Crippen LogP contribution in [0.3, 0.4) is 0 Å². The zero-order valence-electron chi connectivity index (χ0n) is 20.9. The number of aryl methyl sites for hydroxylation is 1. The van der Waals surface area contributed by atoms with Gasteiger partial charge in [0.2, 0.25) is 11.8 Å². The Kier molecular flexibility index (Phi) is 10.2. The minimum atomic E-state index is -0.744. The predicted molar refractivity (Wildman–Crippen MR) is 130 cm³/mol. The van der Waals surface area contributed by atoms with E-state index in [0.29, 0.717) is 6.54 Å². The van der Waals surface area contributed by atoms with E-state index in [1.165, 1.54) is 6.42 Å². The van der Waals surface area contributed by atoms with Crippen molar-refractivity contribution >= 4 is 17.9 Å². The molecule has 184 valence electrons. The molecule has 0 saturated heterocycles. The van der Waals surface area contributed by atoms with Crippen molar-refractivity contribution in [3.8, 4) is 0 Å². The second kappa shape index (κ2) is 12.6. The molecular formula is C26H41N3O4. The second-order valence-electron chi connectivity index (χ2n) is 9.96. The number of nitrogens with one attached hydrogen (secondary N) is 2. The summed E-state index contributed by atoms with van der Waals surface area (Å²) < 4.78 is 5.26. The Morgan fingerprint density at radius 1 is 1.15 bits per heavy atom. The van der Waals surface area contributed by atoms with Crippen molar-refractivity contribution in [1.29, 1.82) is 0 Å². The van der Waals surface area contributed by atoms with Crippen LogP contribution < -0.4 is 10.6 Å². The summed E-state index contributed by atoms with van der Waals surface area (Å²) in [5.74, 6) is -0.464. The van der Waals surface area contributed by atoms with Gasteiger partial charge in [-0.15, -0.1) is 0 Å². The van der Waals surface area contributed by atoms with Crippen LogP contribution in [0.1, 0.15) is 89.8 Å². The molecule has 1 aromatic carbocycles. The molecule has 1 unspecified atom stereocenters. The third kappa shape index (κ3) is 9.06. The van der Waals surface area contributed by atoms with E-state index in [-0.39, 0.29) is 24.4 Å². The minimum absolute atomic E-state index is 0.140. The van der Waals surface area contributed by atoms with Crippen molar-refractivity contribution in [1.82, 2.24) is 15.5 Å². The van der Waals surface area contributed by atoms with E-state index in [0.717, 1.165) is 49.7 Å². The van der Waals surface area contributed by atoms with Crippen LogP contribution in [0, 0.1) is 6.92 Å². The van der Waals surface area contributed by atoms with Crippen molar-refractivity contribution in [2.24, 2.45) is 0 Å². The molecule has 0 heterocycles. The second-order valence-corrected chi connectivity index (χ2v) is 9.96. The highest BCUT2D eigenvalue weighted by atomic mass is 16.6. The topological polar surface area (TPSA) is 87.7 Å². The molecule has 7 heteroatoms. The average Bonchev–Trinajstić information content (AvgIpc) is 2.74. The lowest BCUT2D eigenvalue weighted by Gasteiger charge is -2.33. The zero-order chi connectivity index (χ0) is 24.4. The summed E-state index contributed by atoms with van der Waals surface area (Å²) in [7, 11) is 0. The normalized spacial score (nSPS) is 15.4. The van der Waals surface area contributed by atoms with E-state index in [4.69, 9.17) is 4.74 Å². The van der Waals surface area contributed by atoms with Gasteiger partial charge in [0.25, 0.3) is 0 Å². The van der Waals surface area contributed by atoms with Crippen LogP contribution in [0.5, 0.6) is 0 Å². The van der Waals surface area contributed by atoms with E-state index in [2.05, 4.69) is 10.6 Å². The largest absolute Gasteiger partial charge is 0.444 e. The Labute approximate surface area is 198 Å². The smallest absolute Gasteiger partial charge is 0.408 e. The number of ether oxygens (including phenoxy) is 1. The van der Waals surface area contributed by atoms with Crippen LogP contribution in [0.25, 0.3) is 0 Å². The number of alkyl carbamates (subject to hydrolysis) is 1. The maximum absolute atomic E-state index is 13.5. The van der Waals surface area contributed by atoms with Gasteiger partial charge in [-0.25, -0.2) is 4.79 Å². The molecular weight excluding hydrogens is 418 g/mol. The number of carbonyl (C=O) groups excluding carboxylic acids is 3. The number of hydrogen-bond acceptors (Lipinski definition) is 4. The maximum Gasteiger partial charge on any atom is 0.408 e. The quantitative estimate of drug-likeness (QED) is 0.563. The lowest BCUT2D eigenvalue weighted by atomic mass is 9.94. The Bertz CT molecular complexity index is 797. The highest BCUT2D eigenvalue weighted by molar-refractivity contribution is 5.90. The summed E-state index contributed by atoms with van der Waals surface area (Å²) in [4.78, 5) is 40.5. The summed E-state index contributed by atoms with van der Waals surface area (Å²) in [6.45, 7) is 9.54. The van der Waals surface area contributed by atoms with Crippen molar-refractivity contribution in [2.45, 2.75) is 97.2 Å². The molecule has 2 N–H and O–H groups in total. The molecule has 1 fully saturated rings. The highest BCUT2D eigenvalue weighted by Gasteiger charge is 2.33. The summed E-state index contributed by atoms with van der Waals surface area (Å²) in [5.41, 5.74) is 1.15. The fraction of sp³-hybridized carbons (Fsp3) is 0.654. The molecule has 33 heavy (non-hydrogen) atoms. The number of benzene rings is 1. The third-order valence-electron chi connectivity index (χ3n) is 5.73. The molecule has 7 nitrogen and oxygen atoms in total. The van der Waals surface area contributed by atoms with Gasteiger partial charge in [0.1, 0.15) is 18.2 Å². The van der Waals surface area contributed by atoms with Crippen LogP contribution in [-0.4, -0.2) is 47.5 Å². The number of carbonyl (C=O) groups is 3. The fourth-order valence-corrected chi connectivity index (χ4v) is 4.13. The molecule has 1 atom stereocenters.